The highest BCUT2D eigenvalue weighted by Gasteiger charge is 2.12. The van der Waals surface area contributed by atoms with Crippen LogP contribution in [0.25, 0.3) is 21.5 Å². The molecule has 0 N–H and O–H groups in total. The third-order valence-corrected chi connectivity index (χ3v) is 4.39. The monoisotopic (exact) mass is 340 g/mol. The fraction of sp³-hybridized carbons (Fsp3) is 0.0435. The summed E-state index contributed by atoms with van der Waals surface area (Å²) in [5, 5.41) is 4.07. The first-order valence-electron chi connectivity index (χ1n) is 8.39. The maximum Gasteiger partial charge on any atom is 0.338 e. The highest BCUT2D eigenvalue weighted by atomic mass is 16.5. The Bertz CT molecular complexity index is 1040. The number of ether oxygens (including phenoxy) is 1. The molecule has 0 aromatic heterocycles. The van der Waals surface area contributed by atoms with Crippen LogP contribution in [0.2, 0.25) is 0 Å². The van der Waals surface area contributed by atoms with Gasteiger partial charge in [0.05, 0.1) is 5.56 Å². The predicted molar refractivity (Wildman–Crippen MR) is 103 cm³/mol. The van der Waals surface area contributed by atoms with Crippen molar-refractivity contribution in [1.82, 2.24) is 0 Å². The number of rotatable bonds is 4. The molecule has 4 aromatic carbocycles. The van der Waals surface area contributed by atoms with Gasteiger partial charge in [-0.1, -0.05) is 66.7 Å². The Labute approximate surface area is 150 Å². The standard InChI is InChI=1S/C23H16O3/c24-22(20-11-9-16-5-1-3-7-18(16)13-20)15-26-23(25)21-12-10-17-6-2-4-8-19(17)14-21/h1-14H,15H2. The van der Waals surface area contributed by atoms with Crippen LogP contribution in [-0.4, -0.2) is 18.4 Å². The van der Waals surface area contributed by atoms with Crippen LogP contribution in [0.3, 0.4) is 0 Å². The Hall–Kier alpha value is -3.46. The van der Waals surface area contributed by atoms with Crippen molar-refractivity contribution >= 4 is 33.3 Å². The summed E-state index contributed by atoms with van der Waals surface area (Å²) in [4.78, 5) is 24.6. The van der Waals surface area contributed by atoms with Crippen LogP contribution in [0, 0.1) is 0 Å². The molecule has 0 heterocycles. The lowest BCUT2D eigenvalue weighted by atomic mass is 10.0. The third kappa shape index (κ3) is 3.20. The zero-order chi connectivity index (χ0) is 17.9. The molecule has 0 fully saturated rings. The van der Waals surface area contributed by atoms with Crippen molar-refractivity contribution in [2.24, 2.45) is 0 Å². The predicted octanol–water partition coefficient (Wildman–Crippen LogP) is 5.03. The van der Waals surface area contributed by atoms with Crippen molar-refractivity contribution in [2.75, 3.05) is 6.61 Å². The zero-order valence-electron chi connectivity index (χ0n) is 14.0. The van der Waals surface area contributed by atoms with Gasteiger partial charge in [0.2, 0.25) is 0 Å². The number of esters is 1. The maximum absolute atomic E-state index is 12.4. The van der Waals surface area contributed by atoms with E-state index in [4.69, 9.17) is 4.74 Å². The van der Waals surface area contributed by atoms with Gasteiger partial charge in [0, 0.05) is 5.56 Å². The lowest BCUT2D eigenvalue weighted by molar-refractivity contribution is 0.0475. The van der Waals surface area contributed by atoms with E-state index >= 15 is 0 Å². The van der Waals surface area contributed by atoms with E-state index in [1.807, 2.05) is 66.7 Å². The molecule has 0 aliphatic heterocycles. The minimum absolute atomic E-state index is 0.218. The van der Waals surface area contributed by atoms with E-state index < -0.39 is 5.97 Å². The van der Waals surface area contributed by atoms with Crippen molar-refractivity contribution < 1.29 is 14.3 Å². The van der Waals surface area contributed by atoms with Gasteiger partial charge in [-0.2, -0.15) is 0 Å². The molecular weight excluding hydrogens is 324 g/mol. The second kappa shape index (κ2) is 6.81. The summed E-state index contributed by atoms with van der Waals surface area (Å²) >= 11 is 0. The Morgan fingerprint density at radius 1 is 0.615 bits per heavy atom. The highest BCUT2D eigenvalue weighted by Crippen LogP contribution is 2.18. The van der Waals surface area contributed by atoms with Crippen LogP contribution in [0.4, 0.5) is 0 Å². The molecule has 0 aliphatic rings. The van der Waals surface area contributed by atoms with E-state index in [9.17, 15) is 9.59 Å². The van der Waals surface area contributed by atoms with Crippen LogP contribution >= 0.6 is 0 Å². The molecule has 0 aliphatic carbocycles. The summed E-state index contributed by atoms with van der Waals surface area (Å²) in [6.45, 7) is -0.274. The van der Waals surface area contributed by atoms with Gasteiger partial charge < -0.3 is 4.74 Å². The number of hydrogen-bond acceptors (Lipinski definition) is 3. The molecule has 4 rings (SSSR count). The second-order valence-corrected chi connectivity index (χ2v) is 6.12. The minimum atomic E-state index is -0.495. The quantitative estimate of drug-likeness (QED) is 0.386. The van der Waals surface area contributed by atoms with Crippen molar-refractivity contribution in [3.8, 4) is 0 Å². The fourth-order valence-electron chi connectivity index (χ4n) is 2.98. The number of carbonyl (C=O) groups excluding carboxylic acids is 2. The first kappa shape index (κ1) is 16.0. The number of Topliss-reactive ketones (excluding diaryl/α,β-unsaturated/α-hetero) is 1. The average Bonchev–Trinajstić information content (AvgIpc) is 2.71. The average molecular weight is 340 g/mol. The molecule has 0 unspecified atom stereocenters. The zero-order valence-corrected chi connectivity index (χ0v) is 14.0. The lowest BCUT2D eigenvalue weighted by Gasteiger charge is -2.06. The van der Waals surface area contributed by atoms with Gasteiger partial charge in [-0.05, 0) is 39.7 Å². The molecule has 0 saturated heterocycles. The van der Waals surface area contributed by atoms with E-state index in [2.05, 4.69) is 0 Å². The van der Waals surface area contributed by atoms with Gasteiger partial charge in [-0.15, -0.1) is 0 Å². The van der Waals surface area contributed by atoms with Crippen LogP contribution in [0.1, 0.15) is 20.7 Å². The van der Waals surface area contributed by atoms with Crippen molar-refractivity contribution in [1.29, 1.82) is 0 Å². The first-order valence-corrected chi connectivity index (χ1v) is 8.39. The summed E-state index contributed by atoms with van der Waals surface area (Å²) in [7, 11) is 0. The molecule has 26 heavy (non-hydrogen) atoms. The molecule has 4 aromatic rings. The summed E-state index contributed by atoms with van der Waals surface area (Å²) in [6.07, 6.45) is 0. The van der Waals surface area contributed by atoms with Crippen LogP contribution in [0.15, 0.2) is 84.9 Å². The summed E-state index contributed by atoms with van der Waals surface area (Å²) in [6, 6.07) is 26.4. The second-order valence-electron chi connectivity index (χ2n) is 6.12. The largest absolute Gasteiger partial charge is 0.454 e. The number of carbonyl (C=O) groups is 2. The topological polar surface area (TPSA) is 43.4 Å². The lowest BCUT2D eigenvalue weighted by Crippen LogP contribution is -2.14. The van der Waals surface area contributed by atoms with Gasteiger partial charge in [0.1, 0.15) is 0 Å². The normalized spacial score (nSPS) is 10.8. The number of benzene rings is 4. The fourth-order valence-corrected chi connectivity index (χ4v) is 2.98. The molecule has 0 amide bonds. The van der Waals surface area contributed by atoms with Gasteiger partial charge >= 0.3 is 5.97 Å². The maximum atomic E-state index is 12.4. The van der Waals surface area contributed by atoms with Crippen LogP contribution in [-0.2, 0) is 4.74 Å². The molecule has 0 bridgehead atoms. The Morgan fingerprint density at radius 3 is 1.73 bits per heavy atom. The van der Waals surface area contributed by atoms with E-state index in [0.717, 1.165) is 21.5 Å². The van der Waals surface area contributed by atoms with Gasteiger partial charge in [-0.25, -0.2) is 4.79 Å². The van der Waals surface area contributed by atoms with E-state index in [0.29, 0.717) is 11.1 Å². The number of hydrogen-bond donors (Lipinski definition) is 0. The van der Waals surface area contributed by atoms with Crippen molar-refractivity contribution in [3.05, 3.63) is 96.1 Å². The third-order valence-electron chi connectivity index (χ3n) is 4.39. The molecule has 0 atom stereocenters. The first-order chi connectivity index (χ1) is 12.7. The van der Waals surface area contributed by atoms with Crippen molar-refractivity contribution in [3.63, 3.8) is 0 Å². The SMILES string of the molecule is O=C(COC(=O)c1ccc2ccccc2c1)c1ccc2ccccc2c1. The Balaban J connectivity index is 1.47. The summed E-state index contributed by atoms with van der Waals surface area (Å²) in [5.41, 5.74) is 0.977. The van der Waals surface area contributed by atoms with Crippen LogP contribution < -0.4 is 0 Å². The summed E-state index contributed by atoms with van der Waals surface area (Å²) < 4.78 is 5.22. The molecule has 126 valence electrons. The van der Waals surface area contributed by atoms with E-state index in [1.54, 1.807) is 18.2 Å². The Kier molecular flexibility index (Phi) is 4.20. The van der Waals surface area contributed by atoms with E-state index in [1.165, 1.54) is 0 Å². The van der Waals surface area contributed by atoms with Gasteiger partial charge in [-0.3, -0.25) is 4.79 Å². The van der Waals surface area contributed by atoms with Gasteiger partial charge in [0.15, 0.2) is 12.4 Å². The molecule has 3 heteroatoms. The van der Waals surface area contributed by atoms with Crippen molar-refractivity contribution in [2.45, 2.75) is 0 Å². The molecule has 0 spiro atoms. The smallest absolute Gasteiger partial charge is 0.338 e. The molecule has 0 saturated carbocycles. The van der Waals surface area contributed by atoms with Crippen LogP contribution in [0.5, 0.6) is 0 Å². The number of fused-ring (bicyclic) bond motifs is 2. The van der Waals surface area contributed by atoms with Gasteiger partial charge in [0.25, 0.3) is 0 Å². The molecular formula is C23H16O3. The molecule has 3 nitrogen and oxygen atoms in total. The minimum Gasteiger partial charge on any atom is -0.454 e. The molecule has 0 radical (unpaired) electrons. The highest BCUT2D eigenvalue weighted by molar-refractivity contribution is 6.02. The summed E-state index contributed by atoms with van der Waals surface area (Å²) in [5.74, 6) is -0.713. The Morgan fingerprint density at radius 2 is 1.12 bits per heavy atom. The van der Waals surface area contributed by atoms with E-state index in [-0.39, 0.29) is 12.4 Å². The number of ketones is 1.